The molecule has 110 valence electrons. The number of anilines is 1. The minimum atomic E-state index is -0.156. The molecule has 0 radical (unpaired) electrons. The highest BCUT2D eigenvalue weighted by molar-refractivity contribution is 7.09. The molecule has 0 bridgehead atoms. The maximum Gasteiger partial charge on any atom is 0.322 e. The monoisotopic (exact) mass is 302 g/mol. The van der Waals surface area contributed by atoms with Crippen LogP contribution in [-0.4, -0.2) is 24.6 Å². The van der Waals surface area contributed by atoms with Crippen LogP contribution in [0.2, 0.25) is 0 Å². The van der Waals surface area contributed by atoms with Gasteiger partial charge in [-0.05, 0) is 23.6 Å². The molecule has 0 saturated heterocycles. The average Bonchev–Trinajstić information content (AvgIpc) is 3.00. The van der Waals surface area contributed by atoms with Gasteiger partial charge in [-0.3, -0.25) is 0 Å². The van der Waals surface area contributed by atoms with E-state index in [9.17, 15) is 4.79 Å². The first-order valence-electron chi connectivity index (χ1n) is 6.56. The van der Waals surface area contributed by atoms with Crippen LogP contribution in [-0.2, 0) is 6.54 Å². The lowest BCUT2D eigenvalue weighted by Crippen LogP contribution is -2.34. The zero-order valence-electron chi connectivity index (χ0n) is 11.9. The summed E-state index contributed by atoms with van der Waals surface area (Å²) in [5, 5.41) is 4.88. The lowest BCUT2D eigenvalue weighted by molar-refractivity contribution is 0.215. The van der Waals surface area contributed by atoms with E-state index in [1.54, 1.807) is 35.5 Å². The maximum atomic E-state index is 12.4. The Morgan fingerprint density at radius 1 is 1.43 bits per heavy atom. The second kappa shape index (κ2) is 7.50. The van der Waals surface area contributed by atoms with Crippen LogP contribution in [0, 0.1) is 0 Å². The van der Waals surface area contributed by atoms with Crippen LogP contribution in [0.15, 0.2) is 54.4 Å². The molecule has 0 atom stereocenters. The quantitative estimate of drug-likeness (QED) is 0.820. The zero-order chi connectivity index (χ0) is 15.1. The topological polar surface area (TPSA) is 41.6 Å². The van der Waals surface area contributed by atoms with Gasteiger partial charge in [0.05, 0.1) is 13.7 Å². The molecule has 2 rings (SSSR count). The van der Waals surface area contributed by atoms with E-state index in [1.807, 2.05) is 35.7 Å². The Kier molecular flexibility index (Phi) is 5.40. The minimum absolute atomic E-state index is 0.156. The summed E-state index contributed by atoms with van der Waals surface area (Å²) in [4.78, 5) is 15.2. The zero-order valence-corrected chi connectivity index (χ0v) is 12.7. The molecule has 0 fully saturated rings. The van der Waals surface area contributed by atoms with E-state index in [0.29, 0.717) is 24.5 Å². The Morgan fingerprint density at radius 2 is 2.29 bits per heavy atom. The number of carbonyl (C=O) groups excluding carboxylic acids is 1. The summed E-state index contributed by atoms with van der Waals surface area (Å²) in [6.45, 7) is 4.77. The van der Waals surface area contributed by atoms with Gasteiger partial charge in [0.25, 0.3) is 0 Å². The molecular formula is C16H18N2O2S. The number of urea groups is 1. The molecule has 0 aliphatic carbocycles. The van der Waals surface area contributed by atoms with Crippen LogP contribution in [0.25, 0.3) is 0 Å². The molecule has 1 heterocycles. The second-order valence-corrected chi connectivity index (χ2v) is 5.44. The van der Waals surface area contributed by atoms with E-state index in [0.717, 1.165) is 4.88 Å². The smallest absolute Gasteiger partial charge is 0.322 e. The Hall–Kier alpha value is -2.27. The molecule has 1 aromatic heterocycles. The number of hydrogen-bond donors (Lipinski definition) is 1. The molecule has 5 heteroatoms. The summed E-state index contributed by atoms with van der Waals surface area (Å²) >= 11 is 1.63. The van der Waals surface area contributed by atoms with E-state index in [1.165, 1.54) is 0 Å². The summed E-state index contributed by atoms with van der Waals surface area (Å²) in [6, 6.07) is 11.1. The van der Waals surface area contributed by atoms with Crippen molar-refractivity contribution in [2.75, 3.05) is 19.0 Å². The van der Waals surface area contributed by atoms with Gasteiger partial charge >= 0.3 is 6.03 Å². The number of carbonyl (C=O) groups is 1. The van der Waals surface area contributed by atoms with Crippen molar-refractivity contribution >= 4 is 23.1 Å². The third kappa shape index (κ3) is 4.36. The number of thiophene rings is 1. The van der Waals surface area contributed by atoms with Gasteiger partial charge in [-0.25, -0.2) is 4.79 Å². The molecule has 1 aromatic carbocycles. The molecule has 2 aromatic rings. The van der Waals surface area contributed by atoms with E-state index in [4.69, 9.17) is 4.74 Å². The number of benzene rings is 1. The Morgan fingerprint density at radius 3 is 2.95 bits per heavy atom. The summed E-state index contributed by atoms with van der Waals surface area (Å²) in [6.07, 6.45) is 1.72. The van der Waals surface area contributed by atoms with Crippen LogP contribution in [0.4, 0.5) is 10.5 Å². The van der Waals surface area contributed by atoms with Crippen molar-refractivity contribution in [3.05, 3.63) is 59.3 Å². The second-order valence-electron chi connectivity index (χ2n) is 4.41. The van der Waals surface area contributed by atoms with E-state index >= 15 is 0 Å². The van der Waals surface area contributed by atoms with Crippen LogP contribution in [0.5, 0.6) is 5.75 Å². The van der Waals surface area contributed by atoms with Gasteiger partial charge < -0.3 is 15.0 Å². The Bertz CT molecular complexity index is 596. The summed E-state index contributed by atoms with van der Waals surface area (Å²) < 4.78 is 5.15. The minimum Gasteiger partial charge on any atom is -0.497 e. The van der Waals surface area contributed by atoms with Gasteiger partial charge in [0, 0.05) is 23.2 Å². The molecule has 1 N–H and O–H groups in total. The van der Waals surface area contributed by atoms with Gasteiger partial charge in [-0.1, -0.05) is 18.2 Å². The van der Waals surface area contributed by atoms with Crippen LogP contribution >= 0.6 is 11.3 Å². The normalized spacial score (nSPS) is 9.95. The Balaban J connectivity index is 2.05. The molecule has 2 amide bonds. The largest absolute Gasteiger partial charge is 0.497 e. The fraction of sp³-hybridized carbons (Fsp3) is 0.188. The number of rotatable bonds is 6. The van der Waals surface area contributed by atoms with Crippen molar-refractivity contribution < 1.29 is 9.53 Å². The molecule has 21 heavy (non-hydrogen) atoms. The van der Waals surface area contributed by atoms with Gasteiger partial charge in [-0.15, -0.1) is 17.9 Å². The first-order chi connectivity index (χ1) is 10.2. The summed E-state index contributed by atoms with van der Waals surface area (Å²) in [5.74, 6) is 0.710. The number of nitrogens with one attached hydrogen (secondary N) is 1. The van der Waals surface area contributed by atoms with Crippen LogP contribution in [0.1, 0.15) is 4.88 Å². The van der Waals surface area contributed by atoms with Crippen molar-refractivity contribution in [1.29, 1.82) is 0 Å². The molecule has 4 nitrogen and oxygen atoms in total. The first-order valence-corrected chi connectivity index (χ1v) is 7.44. The highest BCUT2D eigenvalue weighted by Gasteiger charge is 2.13. The molecular weight excluding hydrogens is 284 g/mol. The standard InChI is InChI=1S/C16H18N2O2S/c1-3-9-18(12-15-8-5-10-21-15)16(19)17-13-6-4-7-14(11-13)20-2/h3-8,10-11H,1,9,12H2,2H3,(H,17,19). The van der Waals surface area contributed by atoms with Crippen LogP contribution in [0.3, 0.4) is 0 Å². The lowest BCUT2D eigenvalue weighted by Gasteiger charge is -2.21. The number of ether oxygens (including phenoxy) is 1. The van der Waals surface area contributed by atoms with Gasteiger partial charge in [0.15, 0.2) is 0 Å². The molecule has 0 aliphatic rings. The average molecular weight is 302 g/mol. The van der Waals surface area contributed by atoms with Crippen molar-refractivity contribution in [2.45, 2.75) is 6.54 Å². The lowest BCUT2D eigenvalue weighted by atomic mass is 10.3. The summed E-state index contributed by atoms with van der Waals surface area (Å²) in [5.41, 5.74) is 0.708. The molecule has 0 aliphatic heterocycles. The van der Waals surface area contributed by atoms with Crippen molar-refractivity contribution in [3.63, 3.8) is 0 Å². The fourth-order valence-electron chi connectivity index (χ4n) is 1.87. The van der Waals surface area contributed by atoms with Gasteiger partial charge in [0.1, 0.15) is 5.75 Å². The van der Waals surface area contributed by atoms with Crippen molar-refractivity contribution in [1.82, 2.24) is 4.90 Å². The number of hydrogen-bond acceptors (Lipinski definition) is 3. The third-order valence-corrected chi connectivity index (χ3v) is 3.75. The predicted octanol–water partition coefficient (Wildman–Crippen LogP) is 3.98. The van der Waals surface area contributed by atoms with Crippen molar-refractivity contribution in [3.8, 4) is 5.75 Å². The van der Waals surface area contributed by atoms with Gasteiger partial charge in [-0.2, -0.15) is 0 Å². The Labute approximate surface area is 128 Å². The number of amides is 2. The van der Waals surface area contributed by atoms with E-state index < -0.39 is 0 Å². The van der Waals surface area contributed by atoms with E-state index in [2.05, 4.69) is 11.9 Å². The highest BCUT2D eigenvalue weighted by Crippen LogP contribution is 2.18. The number of nitrogens with zero attached hydrogens (tertiary/aromatic N) is 1. The highest BCUT2D eigenvalue weighted by atomic mass is 32.1. The SMILES string of the molecule is C=CCN(Cc1cccs1)C(=O)Nc1cccc(OC)c1. The molecule has 0 spiro atoms. The number of methoxy groups -OCH3 is 1. The first kappa shape index (κ1) is 15.1. The van der Waals surface area contributed by atoms with Crippen LogP contribution < -0.4 is 10.1 Å². The third-order valence-electron chi connectivity index (χ3n) is 2.88. The molecule has 0 unspecified atom stereocenters. The summed E-state index contributed by atoms with van der Waals surface area (Å²) in [7, 11) is 1.60. The van der Waals surface area contributed by atoms with Crippen molar-refractivity contribution in [2.24, 2.45) is 0 Å². The maximum absolute atomic E-state index is 12.4. The fourth-order valence-corrected chi connectivity index (χ4v) is 2.59. The van der Waals surface area contributed by atoms with Gasteiger partial charge in [0.2, 0.25) is 0 Å². The molecule has 0 saturated carbocycles. The van der Waals surface area contributed by atoms with E-state index in [-0.39, 0.29) is 6.03 Å². The predicted molar refractivity (Wildman–Crippen MR) is 86.9 cm³/mol.